The maximum atomic E-state index is 13.0. The first-order valence-corrected chi connectivity index (χ1v) is 10.3. The van der Waals surface area contributed by atoms with Gasteiger partial charge in [0, 0.05) is 5.69 Å². The third-order valence-electron chi connectivity index (χ3n) is 4.82. The molecule has 3 N–H and O–H groups in total. The Morgan fingerprint density at radius 1 is 1.12 bits per heavy atom. The molecule has 1 aromatic heterocycles. The van der Waals surface area contributed by atoms with Crippen LogP contribution in [0.25, 0.3) is 0 Å². The predicted octanol–water partition coefficient (Wildman–Crippen LogP) is 4.76. The van der Waals surface area contributed by atoms with Crippen LogP contribution in [-0.2, 0) is 17.5 Å². The minimum Gasteiger partial charge on any atom is -0.462 e. The Bertz CT molecular complexity index is 1160. The van der Waals surface area contributed by atoms with Gasteiger partial charge in [-0.2, -0.15) is 18.3 Å². The summed E-state index contributed by atoms with van der Waals surface area (Å²) in [6.45, 7) is 3.12. The number of aliphatic hydroxyl groups excluding tert-OH is 1. The highest BCUT2D eigenvalue weighted by Crippen LogP contribution is 2.31. The minimum atomic E-state index is -4.57. The number of carbonyl (C=O) groups excluding carboxylic acids is 2. The first-order chi connectivity index (χ1) is 16.1. The summed E-state index contributed by atoms with van der Waals surface area (Å²) in [6, 6.07) is 11.9. The zero-order chi connectivity index (χ0) is 24.9. The number of halogens is 3. The molecule has 1 atom stereocenters. The molecule has 3 rings (SSSR count). The number of benzene rings is 2. The Hall–Kier alpha value is -3.86. The summed E-state index contributed by atoms with van der Waals surface area (Å²) in [5.41, 5.74) is -0.219. The number of anilines is 2. The van der Waals surface area contributed by atoms with E-state index in [1.165, 1.54) is 17.7 Å². The topological polar surface area (TPSA) is 105 Å². The van der Waals surface area contributed by atoms with Gasteiger partial charge in [0.25, 0.3) is 0 Å². The number of urea groups is 1. The van der Waals surface area contributed by atoms with Crippen LogP contribution >= 0.6 is 0 Å². The number of nitrogens with one attached hydrogen (secondary N) is 2. The molecule has 0 spiro atoms. The maximum Gasteiger partial charge on any atom is 0.416 e. The summed E-state index contributed by atoms with van der Waals surface area (Å²) in [6.07, 6.45) is -5.59. The fourth-order valence-electron chi connectivity index (χ4n) is 3.28. The van der Waals surface area contributed by atoms with Crippen molar-refractivity contribution in [2.75, 3.05) is 17.2 Å². The number of aromatic nitrogens is 2. The number of rotatable bonds is 7. The van der Waals surface area contributed by atoms with Crippen LogP contribution in [0.4, 0.5) is 29.5 Å². The maximum absolute atomic E-state index is 13.0. The number of esters is 1. The first-order valence-electron chi connectivity index (χ1n) is 10.3. The number of ether oxygens (including phenoxy) is 1. The van der Waals surface area contributed by atoms with Gasteiger partial charge >= 0.3 is 18.2 Å². The molecule has 0 aliphatic heterocycles. The van der Waals surface area contributed by atoms with E-state index in [4.69, 9.17) is 4.74 Å². The second-order valence-electron chi connectivity index (χ2n) is 7.30. The molecule has 180 valence electrons. The molecule has 0 saturated carbocycles. The highest BCUT2D eigenvalue weighted by molar-refractivity contribution is 6.04. The van der Waals surface area contributed by atoms with Crippen LogP contribution in [0, 0.1) is 6.92 Å². The van der Waals surface area contributed by atoms with E-state index in [0.717, 1.165) is 18.2 Å². The molecule has 3 aromatic rings. The zero-order valence-corrected chi connectivity index (χ0v) is 18.4. The number of amides is 2. The van der Waals surface area contributed by atoms with Crippen LogP contribution < -0.4 is 10.6 Å². The summed E-state index contributed by atoms with van der Waals surface area (Å²) in [5.74, 6) is -0.801. The van der Waals surface area contributed by atoms with Crippen LogP contribution in [0.2, 0.25) is 0 Å². The molecule has 0 bridgehead atoms. The highest BCUT2D eigenvalue weighted by atomic mass is 19.4. The molecule has 34 heavy (non-hydrogen) atoms. The lowest BCUT2D eigenvalue weighted by atomic mass is 10.1. The van der Waals surface area contributed by atoms with Crippen LogP contribution in [0.3, 0.4) is 0 Å². The number of alkyl halides is 3. The lowest BCUT2D eigenvalue weighted by molar-refractivity contribution is -0.137. The van der Waals surface area contributed by atoms with Crippen molar-refractivity contribution in [2.24, 2.45) is 0 Å². The fourth-order valence-corrected chi connectivity index (χ4v) is 3.28. The smallest absolute Gasteiger partial charge is 0.416 e. The van der Waals surface area contributed by atoms with E-state index in [2.05, 4.69) is 15.7 Å². The summed E-state index contributed by atoms with van der Waals surface area (Å²) in [4.78, 5) is 25.1. The fraction of sp³-hybridized carbons (Fsp3) is 0.261. The van der Waals surface area contributed by atoms with Crippen molar-refractivity contribution >= 4 is 23.5 Å². The second kappa shape index (κ2) is 10.4. The monoisotopic (exact) mass is 476 g/mol. The highest BCUT2D eigenvalue weighted by Gasteiger charge is 2.31. The molecular formula is C23H23F3N4O4. The van der Waals surface area contributed by atoms with Gasteiger partial charge in [-0.1, -0.05) is 36.4 Å². The molecule has 0 aliphatic carbocycles. The number of aliphatic hydroxyl groups is 1. The van der Waals surface area contributed by atoms with Crippen molar-refractivity contribution in [2.45, 2.75) is 32.7 Å². The van der Waals surface area contributed by atoms with E-state index in [1.54, 1.807) is 37.3 Å². The number of aryl methyl sites for hydroxylation is 1. The van der Waals surface area contributed by atoms with Gasteiger partial charge in [0.1, 0.15) is 11.4 Å². The summed E-state index contributed by atoms with van der Waals surface area (Å²) >= 11 is 0. The Balaban J connectivity index is 1.89. The second-order valence-corrected chi connectivity index (χ2v) is 7.30. The van der Waals surface area contributed by atoms with Crippen molar-refractivity contribution in [3.8, 4) is 0 Å². The molecule has 1 heterocycles. The van der Waals surface area contributed by atoms with E-state index >= 15 is 0 Å². The van der Waals surface area contributed by atoms with Crippen LogP contribution in [0.5, 0.6) is 0 Å². The molecule has 8 nitrogen and oxygen atoms in total. The largest absolute Gasteiger partial charge is 0.462 e. The van der Waals surface area contributed by atoms with E-state index in [9.17, 15) is 27.9 Å². The standard InChI is InChI=1S/C23H23F3N4O4/c1-3-34-21(32)19-14(2)29-30(13-18(31)15-8-5-4-6-9-15)20(19)28-22(33)27-17-11-7-10-16(12-17)23(24,25)26/h4-12,18,31H,3,13H2,1-2H3,(H2,27,28,33). The van der Waals surface area contributed by atoms with Gasteiger partial charge in [-0.05, 0) is 37.6 Å². The molecule has 2 aromatic carbocycles. The molecule has 0 radical (unpaired) electrons. The third kappa shape index (κ3) is 5.93. The number of nitrogens with zero attached hydrogens (tertiary/aromatic N) is 2. The van der Waals surface area contributed by atoms with Gasteiger partial charge in [0.15, 0.2) is 0 Å². The van der Waals surface area contributed by atoms with Gasteiger partial charge in [-0.15, -0.1) is 0 Å². The predicted molar refractivity (Wildman–Crippen MR) is 118 cm³/mol. The average Bonchev–Trinajstić information content (AvgIpc) is 3.08. The van der Waals surface area contributed by atoms with E-state index in [0.29, 0.717) is 5.56 Å². The number of carbonyl (C=O) groups is 2. The van der Waals surface area contributed by atoms with Gasteiger partial charge in [0.2, 0.25) is 0 Å². The van der Waals surface area contributed by atoms with Crippen molar-refractivity contribution in [3.05, 3.63) is 77.0 Å². The average molecular weight is 476 g/mol. The van der Waals surface area contributed by atoms with Crippen LogP contribution in [0.15, 0.2) is 54.6 Å². The Labute approximate surface area is 193 Å². The normalized spacial score (nSPS) is 12.2. The summed E-state index contributed by atoms with van der Waals surface area (Å²) in [7, 11) is 0. The van der Waals surface area contributed by atoms with Gasteiger partial charge in [-0.25, -0.2) is 14.3 Å². The van der Waals surface area contributed by atoms with Gasteiger partial charge in [0.05, 0.1) is 30.5 Å². The third-order valence-corrected chi connectivity index (χ3v) is 4.82. The molecule has 11 heteroatoms. The van der Waals surface area contributed by atoms with Crippen molar-refractivity contribution in [1.29, 1.82) is 0 Å². The number of hydrogen-bond donors (Lipinski definition) is 3. The van der Waals surface area contributed by atoms with E-state index < -0.39 is 29.8 Å². The molecule has 2 amide bonds. The number of hydrogen-bond acceptors (Lipinski definition) is 5. The summed E-state index contributed by atoms with van der Waals surface area (Å²) < 4.78 is 45.2. The van der Waals surface area contributed by atoms with Gasteiger partial charge in [-0.3, -0.25) is 5.32 Å². The molecule has 0 saturated heterocycles. The van der Waals surface area contributed by atoms with Crippen molar-refractivity contribution < 1.29 is 32.6 Å². The first kappa shape index (κ1) is 24.8. The molecule has 0 aliphatic rings. The Morgan fingerprint density at radius 3 is 2.47 bits per heavy atom. The Morgan fingerprint density at radius 2 is 1.82 bits per heavy atom. The Kier molecular flexibility index (Phi) is 7.57. The zero-order valence-electron chi connectivity index (χ0n) is 18.4. The lowest BCUT2D eigenvalue weighted by Crippen LogP contribution is -2.24. The van der Waals surface area contributed by atoms with Crippen LogP contribution in [-0.4, -0.2) is 33.5 Å². The van der Waals surface area contributed by atoms with Crippen molar-refractivity contribution in [3.63, 3.8) is 0 Å². The van der Waals surface area contributed by atoms with Crippen molar-refractivity contribution in [1.82, 2.24) is 9.78 Å². The minimum absolute atomic E-state index is 0.0266. The lowest BCUT2D eigenvalue weighted by Gasteiger charge is -2.15. The SMILES string of the molecule is CCOC(=O)c1c(C)nn(CC(O)c2ccccc2)c1NC(=O)Nc1cccc(C(F)(F)F)c1. The summed E-state index contributed by atoms with van der Waals surface area (Å²) in [5, 5.41) is 19.6. The van der Waals surface area contributed by atoms with Crippen LogP contribution in [0.1, 0.15) is 40.2 Å². The quantitative estimate of drug-likeness (QED) is 0.426. The molecule has 0 fully saturated rings. The van der Waals surface area contributed by atoms with E-state index in [-0.39, 0.29) is 35.9 Å². The molecular weight excluding hydrogens is 453 g/mol. The van der Waals surface area contributed by atoms with Gasteiger partial charge < -0.3 is 15.2 Å². The molecule has 1 unspecified atom stereocenters. The van der Waals surface area contributed by atoms with E-state index in [1.807, 2.05) is 0 Å².